The molecule has 0 unspecified atom stereocenters. The fourth-order valence-corrected chi connectivity index (χ4v) is 1.74. The maximum atomic E-state index is 12.0. The molecule has 0 aliphatic rings. The van der Waals surface area contributed by atoms with Crippen molar-refractivity contribution in [1.82, 2.24) is 0 Å². The third kappa shape index (κ3) is 3.23. The molecule has 100 valence electrons. The summed E-state index contributed by atoms with van der Waals surface area (Å²) in [5.74, 6) is -0.226. The van der Waals surface area contributed by atoms with E-state index in [9.17, 15) is 13.2 Å². The zero-order valence-electron chi connectivity index (χ0n) is 10.5. The van der Waals surface area contributed by atoms with Gasteiger partial charge < -0.3 is 5.32 Å². The summed E-state index contributed by atoms with van der Waals surface area (Å²) >= 11 is 5.69. The molecule has 0 heterocycles. The van der Waals surface area contributed by atoms with Gasteiger partial charge in [0.15, 0.2) is 9.84 Å². The Labute approximate surface area is 112 Å². The minimum absolute atomic E-state index is 0.333. The normalized spacial score (nSPS) is 12.2. The Morgan fingerprint density at radius 3 is 2.50 bits per heavy atom. The average molecular weight is 290 g/mol. The van der Waals surface area contributed by atoms with Crippen LogP contribution in [0.15, 0.2) is 24.3 Å². The molecule has 18 heavy (non-hydrogen) atoms. The highest BCUT2D eigenvalue weighted by Gasteiger charge is 2.38. The van der Waals surface area contributed by atoms with E-state index >= 15 is 0 Å². The lowest BCUT2D eigenvalue weighted by Crippen LogP contribution is -2.43. The summed E-state index contributed by atoms with van der Waals surface area (Å²) in [6.07, 6.45) is 1.04. The van der Waals surface area contributed by atoms with Gasteiger partial charge in [0, 0.05) is 17.8 Å². The third-order valence-electron chi connectivity index (χ3n) is 2.81. The van der Waals surface area contributed by atoms with Crippen molar-refractivity contribution < 1.29 is 13.2 Å². The Morgan fingerprint density at radius 2 is 2.00 bits per heavy atom. The molecule has 0 aromatic heterocycles. The number of nitrogens with one attached hydrogen (secondary N) is 1. The van der Waals surface area contributed by atoms with Gasteiger partial charge in [0.05, 0.1) is 0 Å². The maximum Gasteiger partial charge on any atom is 0.245 e. The van der Waals surface area contributed by atoms with Crippen LogP contribution in [0.2, 0.25) is 0 Å². The molecule has 0 saturated carbocycles. The van der Waals surface area contributed by atoms with Crippen molar-refractivity contribution in [1.29, 1.82) is 0 Å². The fourth-order valence-electron chi connectivity index (χ4n) is 1.18. The number of carbonyl (C=O) groups excluding carboxylic acids is 1. The number of hydrogen-bond donors (Lipinski definition) is 1. The van der Waals surface area contributed by atoms with Crippen LogP contribution in [0.1, 0.15) is 19.4 Å². The van der Waals surface area contributed by atoms with Crippen LogP contribution in [0.4, 0.5) is 5.69 Å². The Hall–Kier alpha value is -1.07. The van der Waals surface area contributed by atoms with E-state index in [4.69, 9.17) is 11.6 Å². The van der Waals surface area contributed by atoms with Crippen LogP contribution in [0.25, 0.3) is 0 Å². The van der Waals surface area contributed by atoms with Gasteiger partial charge >= 0.3 is 0 Å². The number of halogens is 1. The second-order valence-corrected chi connectivity index (χ2v) is 7.40. The minimum atomic E-state index is -3.48. The molecule has 0 aliphatic heterocycles. The smallest absolute Gasteiger partial charge is 0.245 e. The van der Waals surface area contributed by atoms with E-state index in [-0.39, 0.29) is 0 Å². The standard InChI is InChI=1S/C12H16ClNO3S/c1-12(2,18(3,16)17)11(15)14-10-6-4-5-9(7-10)8-13/h4-7H,8H2,1-3H3,(H,14,15). The Balaban J connectivity index is 2.95. The number of hydrogen-bond acceptors (Lipinski definition) is 3. The van der Waals surface area contributed by atoms with E-state index in [1.54, 1.807) is 18.2 Å². The monoisotopic (exact) mass is 289 g/mol. The van der Waals surface area contributed by atoms with E-state index in [2.05, 4.69) is 5.32 Å². The number of alkyl halides is 1. The van der Waals surface area contributed by atoms with Crippen LogP contribution in [-0.2, 0) is 20.5 Å². The summed E-state index contributed by atoms with van der Waals surface area (Å²) in [5, 5.41) is 2.59. The van der Waals surface area contributed by atoms with Crippen molar-refractivity contribution >= 4 is 33.0 Å². The summed E-state index contributed by atoms with van der Waals surface area (Å²) in [6, 6.07) is 6.97. The molecule has 4 nitrogen and oxygen atoms in total. The highest BCUT2D eigenvalue weighted by molar-refractivity contribution is 7.92. The molecule has 1 aromatic carbocycles. The first kappa shape index (κ1) is 15.0. The number of rotatable bonds is 4. The molecule has 6 heteroatoms. The second kappa shape index (κ2) is 5.28. The number of amides is 1. The summed E-state index contributed by atoms with van der Waals surface area (Å²) in [4.78, 5) is 12.0. The molecule has 0 fully saturated rings. The molecule has 1 rings (SSSR count). The maximum absolute atomic E-state index is 12.0. The lowest BCUT2D eigenvalue weighted by molar-refractivity contribution is -0.117. The van der Waals surface area contributed by atoms with E-state index in [1.165, 1.54) is 13.8 Å². The highest BCUT2D eigenvalue weighted by Crippen LogP contribution is 2.19. The fraction of sp³-hybridized carbons (Fsp3) is 0.417. The first-order chi connectivity index (χ1) is 8.18. The molecule has 0 saturated heterocycles. The first-order valence-electron chi connectivity index (χ1n) is 5.34. The minimum Gasteiger partial charge on any atom is -0.325 e. The summed E-state index contributed by atoms with van der Waals surface area (Å²) in [7, 11) is -3.48. The summed E-state index contributed by atoms with van der Waals surface area (Å²) in [6.45, 7) is 2.76. The van der Waals surface area contributed by atoms with Gasteiger partial charge in [-0.05, 0) is 31.5 Å². The van der Waals surface area contributed by atoms with Crippen LogP contribution >= 0.6 is 11.6 Å². The quantitative estimate of drug-likeness (QED) is 0.864. The average Bonchev–Trinajstić information content (AvgIpc) is 2.27. The van der Waals surface area contributed by atoms with Crippen LogP contribution in [-0.4, -0.2) is 25.3 Å². The third-order valence-corrected chi connectivity index (χ3v) is 5.16. The van der Waals surface area contributed by atoms with Crippen molar-refractivity contribution in [3.8, 4) is 0 Å². The van der Waals surface area contributed by atoms with E-state index in [1.807, 2.05) is 6.07 Å². The van der Waals surface area contributed by atoms with Gasteiger partial charge in [0.25, 0.3) is 0 Å². The van der Waals surface area contributed by atoms with Gasteiger partial charge in [-0.3, -0.25) is 4.79 Å². The lowest BCUT2D eigenvalue weighted by atomic mass is 10.1. The van der Waals surface area contributed by atoms with Gasteiger partial charge in [-0.2, -0.15) is 0 Å². The van der Waals surface area contributed by atoms with Gasteiger partial charge in [0.2, 0.25) is 5.91 Å². The van der Waals surface area contributed by atoms with Crippen molar-refractivity contribution in [2.24, 2.45) is 0 Å². The SMILES string of the molecule is CC(C)(C(=O)Nc1cccc(CCl)c1)S(C)(=O)=O. The molecule has 1 aromatic rings. The predicted octanol–water partition coefficient (Wildman–Crippen LogP) is 2.19. The van der Waals surface area contributed by atoms with Crippen molar-refractivity contribution in [2.45, 2.75) is 24.5 Å². The number of sulfone groups is 1. The van der Waals surface area contributed by atoms with E-state index in [0.717, 1.165) is 11.8 Å². The zero-order valence-corrected chi connectivity index (χ0v) is 12.1. The highest BCUT2D eigenvalue weighted by atomic mass is 35.5. The molecule has 0 aliphatic carbocycles. The van der Waals surface area contributed by atoms with Gasteiger partial charge in [-0.1, -0.05) is 12.1 Å². The molecule has 0 spiro atoms. The molecule has 1 N–H and O–H groups in total. The number of anilines is 1. The predicted molar refractivity (Wildman–Crippen MR) is 73.6 cm³/mol. The van der Waals surface area contributed by atoms with Crippen molar-refractivity contribution in [3.05, 3.63) is 29.8 Å². The topological polar surface area (TPSA) is 63.2 Å². The molecule has 1 amide bonds. The molecular formula is C12H16ClNO3S. The molecular weight excluding hydrogens is 274 g/mol. The van der Waals surface area contributed by atoms with Crippen LogP contribution in [0, 0.1) is 0 Å². The Morgan fingerprint density at radius 1 is 1.39 bits per heavy atom. The largest absolute Gasteiger partial charge is 0.325 e. The van der Waals surface area contributed by atoms with Crippen LogP contribution in [0.5, 0.6) is 0 Å². The Bertz CT molecular complexity index is 552. The molecule has 0 radical (unpaired) electrons. The lowest BCUT2D eigenvalue weighted by Gasteiger charge is -2.21. The van der Waals surface area contributed by atoms with E-state index in [0.29, 0.717) is 11.6 Å². The van der Waals surface area contributed by atoms with Gasteiger partial charge in [-0.25, -0.2) is 8.42 Å². The number of benzene rings is 1. The summed E-state index contributed by atoms with van der Waals surface area (Å²) in [5.41, 5.74) is 1.39. The second-order valence-electron chi connectivity index (χ2n) is 4.57. The van der Waals surface area contributed by atoms with Crippen molar-refractivity contribution in [2.75, 3.05) is 11.6 Å². The van der Waals surface area contributed by atoms with Gasteiger partial charge in [0.1, 0.15) is 4.75 Å². The van der Waals surface area contributed by atoms with Crippen LogP contribution in [0.3, 0.4) is 0 Å². The van der Waals surface area contributed by atoms with Gasteiger partial charge in [-0.15, -0.1) is 11.6 Å². The van der Waals surface area contributed by atoms with Crippen molar-refractivity contribution in [3.63, 3.8) is 0 Å². The first-order valence-corrected chi connectivity index (χ1v) is 7.77. The Kier molecular flexibility index (Phi) is 4.40. The molecule has 0 bridgehead atoms. The molecule has 0 atom stereocenters. The van der Waals surface area contributed by atoms with E-state index < -0.39 is 20.5 Å². The number of carbonyl (C=O) groups is 1. The summed E-state index contributed by atoms with van der Waals surface area (Å²) < 4.78 is 21.6. The van der Waals surface area contributed by atoms with Crippen LogP contribution < -0.4 is 5.32 Å². The zero-order chi connectivity index (χ0) is 14.0.